The highest BCUT2D eigenvalue weighted by atomic mass is 16.3. The smallest absolute Gasteiger partial charge is 0.276 e. The molecule has 0 aromatic carbocycles. The number of carbonyl (C=O) groups is 2. The molecule has 0 unspecified atom stereocenters. The molecule has 3 aromatic heterocycles. The first kappa shape index (κ1) is 16.5. The van der Waals surface area contributed by atoms with Crippen LogP contribution in [0.5, 0.6) is 0 Å². The zero-order chi connectivity index (χ0) is 17.8. The molecule has 0 aliphatic heterocycles. The molecule has 0 aliphatic carbocycles. The topological polar surface area (TPSA) is 107 Å². The minimum absolute atomic E-state index is 0.137. The molecular formula is C16H18N6O3. The standard InChI is InChI=1S/C16H18N6O3/c1-3-22-10-13(18-15(23)12-6-7-21(2)19-12)14(20-22)16(24)17-9-11-5-4-8-25-11/h4-8,10H,3,9H2,1-2H3,(H,17,24)(H,18,23). The lowest BCUT2D eigenvalue weighted by molar-refractivity contribution is 0.0943. The number of nitrogens with zero attached hydrogens (tertiary/aromatic N) is 4. The Balaban J connectivity index is 1.75. The van der Waals surface area contributed by atoms with Crippen LogP contribution in [-0.4, -0.2) is 31.4 Å². The van der Waals surface area contributed by atoms with Gasteiger partial charge >= 0.3 is 0 Å². The molecule has 0 atom stereocenters. The first-order valence-electron chi connectivity index (χ1n) is 7.76. The molecule has 9 nitrogen and oxygen atoms in total. The van der Waals surface area contributed by atoms with Gasteiger partial charge in [-0.25, -0.2) is 0 Å². The van der Waals surface area contributed by atoms with Crippen LogP contribution >= 0.6 is 0 Å². The van der Waals surface area contributed by atoms with E-state index in [9.17, 15) is 9.59 Å². The summed E-state index contributed by atoms with van der Waals surface area (Å²) in [6.07, 6.45) is 4.82. The number of aromatic nitrogens is 4. The molecule has 3 rings (SSSR count). The van der Waals surface area contributed by atoms with Crippen LogP contribution < -0.4 is 10.6 Å². The average molecular weight is 342 g/mol. The maximum Gasteiger partial charge on any atom is 0.276 e. The third kappa shape index (κ3) is 3.77. The maximum absolute atomic E-state index is 12.4. The molecule has 2 N–H and O–H groups in total. The van der Waals surface area contributed by atoms with Gasteiger partial charge in [-0.3, -0.25) is 19.0 Å². The van der Waals surface area contributed by atoms with Gasteiger partial charge in [0.05, 0.1) is 18.5 Å². The zero-order valence-electron chi connectivity index (χ0n) is 13.9. The molecule has 25 heavy (non-hydrogen) atoms. The van der Waals surface area contributed by atoms with Gasteiger partial charge < -0.3 is 15.1 Å². The quantitative estimate of drug-likeness (QED) is 0.704. The third-order valence-corrected chi connectivity index (χ3v) is 3.50. The third-order valence-electron chi connectivity index (χ3n) is 3.50. The van der Waals surface area contributed by atoms with Crippen LogP contribution in [0, 0.1) is 0 Å². The van der Waals surface area contributed by atoms with Gasteiger partial charge in [0.1, 0.15) is 5.76 Å². The predicted octanol–water partition coefficient (Wildman–Crippen LogP) is 1.41. The van der Waals surface area contributed by atoms with E-state index >= 15 is 0 Å². The number of nitrogens with one attached hydrogen (secondary N) is 2. The van der Waals surface area contributed by atoms with Gasteiger partial charge in [-0.15, -0.1) is 0 Å². The average Bonchev–Trinajstić information content (AvgIpc) is 3.33. The Morgan fingerprint density at radius 1 is 1.24 bits per heavy atom. The summed E-state index contributed by atoms with van der Waals surface area (Å²) in [5.74, 6) is -0.182. The Morgan fingerprint density at radius 2 is 2.08 bits per heavy atom. The Hall–Kier alpha value is -3.36. The Morgan fingerprint density at radius 3 is 2.72 bits per heavy atom. The number of hydrogen-bond donors (Lipinski definition) is 2. The number of furan rings is 1. The van der Waals surface area contributed by atoms with Gasteiger partial charge in [0.2, 0.25) is 0 Å². The molecule has 0 spiro atoms. The summed E-state index contributed by atoms with van der Waals surface area (Å²) in [7, 11) is 1.72. The minimum Gasteiger partial charge on any atom is -0.467 e. The van der Waals surface area contributed by atoms with Crippen molar-refractivity contribution in [2.75, 3.05) is 5.32 Å². The van der Waals surface area contributed by atoms with Crippen molar-refractivity contribution in [3.8, 4) is 0 Å². The molecule has 0 saturated heterocycles. The van der Waals surface area contributed by atoms with Crippen molar-refractivity contribution >= 4 is 17.5 Å². The zero-order valence-corrected chi connectivity index (χ0v) is 13.9. The van der Waals surface area contributed by atoms with E-state index in [1.807, 2.05) is 6.92 Å². The van der Waals surface area contributed by atoms with Crippen LogP contribution in [0.2, 0.25) is 0 Å². The van der Waals surface area contributed by atoms with Crippen molar-refractivity contribution in [1.29, 1.82) is 0 Å². The van der Waals surface area contributed by atoms with E-state index in [0.717, 1.165) is 0 Å². The van der Waals surface area contributed by atoms with Crippen LogP contribution in [0.1, 0.15) is 33.7 Å². The largest absolute Gasteiger partial charge is 0.467 e. The van der Waals surface area contributed by atoms with Gasteiger partial charge in [-0.2, -0.15) is 10.2 Å². The lowest BCUT2D eigenvalue weighted by atomic mass is 10.3. The molecule has 2 amide bonds. The number of amides is 2. The molecule has 3 heterocycles. The highest BCUT2D eigenvalue weighted by Crippen LogP contribution is 2.15. The van der Waals surface area contributed by atoms with E-state index in [2.05, 4.69) is 20.8 Å². The second-order valence-electron chi connectivity index (χ2n) is 5.34. The molecule has 0 fully saturated rings. The number of hydrogen-bond acceptors (Lipinski definition) is 5. The SMILES string of the molecule is CCn1cc(NC(=O)c2ccn(C)n2)c(C(=O)NCc2ccco2)n1. The maximum atomic E-state index is 12.4. The van der Waals surface area contributed by atoms with Gasteiger partial charge in [0, 0.05) is 26.0 Å². The Kier molecular flexibility index (Phi) is 4.64. The Labute approximate surface area is 143 Å². The summed E-state index contributed by atoms with van der Waals surface area (Å²) < 4.78 is 8.29. The van der Waals surface area contributed by atoms with Crippen molar-refractivity contribution in [1.82, 2.24) is 24.9 Å². The van der Waals surface area contributed by atoms with E-state index in [1.165, 1.54) is 10.9 Å². The van der Waals surface area contributed by atoms with Crippen molar-refractivity contribution in [3.63, 3.8) is 0 Å². The fourth-order valence-electron chi connectivity index (χ4n) is 2.23. The lowest BCUT2D eigenvalue weighted by Gasteiger charge is -2.04. The fraction of sp³-hybridized carbons (Fsp3) is 0.250. The van der Waals surface area contributed by atoms with E-state index < -0.39 is 11.8 Å². The molecular weight excluding hydrogens is 324 g/mol. The number of anilines is 1. The van der Waals surface area contributed by atoms with Crippen LogP contribution in [0.25, 0.3) is 0 Å². The van der Waals surface area contributed by atoms with Gasteiger partial charge in [-0.05, 0) is 25.1 Å². The highest BCUT2D eigenvalue weighted by Gasteiger charge is 2.20. The van der Waals surface area contributed by atoms with Crippen LogP contribution in [0.3, 0.4) is 0 Å². The van der Waals surface area contributed by atoms with Crippen LogP contribution in [0.15, 0.2) is 41.3 Å². The van der Waals surface area contributed by atoms with Gasteiger partial charge in [0.25, 0.3) is 11.8 Å². The molecule has 0 radical (unpaired) electrons. The van der Waals surface area contributed by atoms with Crippen molar-refractivity contribution < 1.29 is 14.0 Å². The molecule has 0 saturated carbocycles. The normalized spacial score (nSPS) is 10.6. The van der Waals surface area contributed by atoms with E-state index in [1.54, 1.807) is 42.3 Å². The molecule has 130 valence electrons. The fourth-order valence-corrected chi connectivity index (χ4v) is 2.23. The summed E-state index contributed by atoms with van der Waals surface area (Å²) in [6, 6.07) is 5.09. The van der Waals surface area contributed by atoms with Crippen molar-refractivity contribution in [2.45, 2.75) is 20.0 Å². The number of carbonyl (C=O) groups excluding carboxylic acids is 2. The summed E-state index contributed by atoms with van der Waals surface area (Å²) in [5.41, 5.74) is 0.723. The van der Waals surface area contributed by atoms with E-state index in [-0.39, 0.29) is 17.9 Å². The number of aryl methyl sites for hydroxylation is 2. The first-order valence-corrected chi connectivity index (χ1v) is 7.76. The summed E-state index contributed by atoms with van der Waals surface area (Å²) in [4.78, 5) is 24.7. The predicted molar refractivity (Wildman–Crippen MR) is 88.9 cm³/mol. The summed E-state index contributed by atoms with van der Waals surface area (Å²) in [5, 5.41) is 13.7. The molecule has 0 aliphatic rings. The number of rotatable bonds is 6. The highest BCUT2D eigenvalue weighted by molar-refractivity contribution is 6.07. The minimum atomic E-state index is -0.406. The second-order valence-corrected chi connectivity index (χ2v) is 5.34. The summed E-state index contributed by atoms with van der Waals surface area (Å²) >= 11 is 0. The van der Waals surface area contributed by atoms with E-state index in [0.29, 0.717) is 18.0 Å². The van der Waals surface area contributed by atoms with Crippen molar-refractivity contribution in [2.24, 2.45) is 7.05 Å². The first-order chi connectivity index (χ1) is 12.1. The summed E-state index contributed by atoms with van der Waals surface area (Å²) in [6.45, 7) is 2.69. The van der Waals surface area contributed by atoms with Crippen LogP contribution in [-0.2, 0) is 20.1 Å². The second kappa shape index (κ2) is 7.04. The Bertz CT molecular complexity index is 878. The van der Waals surface area contributed by atoms with Gasteiger partial charge in [-0.1, -0.05) is 0 Å². The van der Waals surface area contributed by atoms with Crippen molar-refractivity contribution in [3.05, 3.63) is 54.0 Å². The molecule has 0 bridgehead atoms. The van der Waals surface area contributed by atoms with Crippen LogP contribution in [0.4, 0.5) is 5.69 Å². The van der Waals surface area contributed by atoms with E-state index in [4.69, 9.17) is 4.42 Å². The lowest BCUT2D eigenvalue weighted by Crippen LogP contribution is -2.25. The molecule has 3 aromatic rings. The molecule has 9 heteroatoms. The van der Waals surface area contributed by atoms with Gasteiger partial charge in [0.15, 0.2) is 11.4 Å². The monoisotopic (exact) mass is 342 g/mol.